The quantitative estimate of drug-likeness (QED) is 0.172. The molecule has 7 aromatic rings. The minimum absolute atomic E-state index is 0.0326. The third-order valence-electron chi connectivity index (χ3n) is 13.7. The standard InChI is InChI=1S/C54H46N2/c1-53(2)46-21-11-8-17-41(46)42-31-29-38(33-48(42)53)55(36-15-6-5-7-16-36)39-30-32-45-49(34-39)54(3,4)47-22-14-20-40(52(45)47)35-25-27-37(28-26-35)56-50-23-12-9-18-43(50)44-19-10-13-24-51(44)56/h5-25,27,29-34,47,52H,26,28H2,1-4H3. The molecular formula is C54H46N2. The minimum Gasteiger partial charge on any atom is -0.313 e. The van der Waals surface area contributed by atoms with E-state index in [9.17, 15) is 0 Å². The molecule has 0 saturated carbocycles. The average molecular weight is 723 g/mol. The maximum atomic E-state index is 2.51. The van der Waals surface area contributed by atoms with Crippen LogP contribution in [0.3, 0.4) is 0 Å². The monoisotopic (exact) mass is 722 g/mol. The zero-order valence-corrected chi connectivity index (χ0v) is 32.6. The third-order valence-corrected chi connectivity index (χ3v) is 13.7. The van der Waals surface area contributed by atoms with E-state index in [1.165, 1.54) is 89.1 Å². The van der Waals surface area contributed by atoms with E-state index in [0.29, 0.717) is 11.8 Å². The van der Waals surface area contributed by atoms with Crippen molar-refractivity contribution in [3.05, 3.63) is 203 Å². The van der Waals surface area contributed by atoms with Gasteiger partial charge in [0.2, 0.25) is 0 Å². The van der Waals surface area contributed by atoms with Gasteiger partial charge in [0.25, 0.3) is 0 Å². The van der Waals surface area contributed by atoms with Crippen LogP contribution in [-0.4, -0.2) is 4.57 Å². The molecule has 0 bridgehead atoms. The van der Waals surface area contributed by atoms with Crippen LogP contribution in [0.2, 0.25) is 0 Å². The van der Waals surface area contributed by atoms with Gasteiger partial charge in [-0.15, -0.1) is 0 Å². The van der Waals surface area contributed by atoms with Crippen molar-refractivity contribution in [2.24, 2.45) is 5.92 Å². The Morgan fingerprint density at radius 3 is 1.93 bits per heavy atom. The van der Waals surface area contributed by atoms with Gasteiger partial charge in [-0.2, -0.15) is 0 Å². The SMILES string of the molecule is CC1(C)c2ccccc2-c2ccc(N(c3ccccc3)c3ccc4c(c3)C(C)(C)C3C=CC=C(C5=CC=C(n6c7ccccc7c7ccccc76)CC5)C43)cc21. The van der Waals surface area contributed by atoms with Crippen LogP contribution in [0.1, 0.15) is 68.7 Å². The Kier molecular flexibility index (Phi) is 7.23. The number of allylic oxidation sites excluding steroid dienone is 8. The molecule has 1 aromatic heterocycles. The largest absolute Gasteiger partial charge is 0.313 e. The molecule has 6 aromatic carbocycles. The molecule has 4 aliphatic rings. The van der Waals surface area contributed by atoms with Crippen LogP contribution < -0.4 is 4.90 Å². The van der Waals surface area contributed by atoms with Gasteiger partial charge in [0.1, 0.15) is 0 Å². The summed E-state index contributed by atoms with van der Waals surface area (Å²) in [6.45, 7) is 9.67. The zero-order valence-electron chi connectivity index (χ0n) is 32.6. The summed E-state index contributed by atoms with van der Waals surface area (Å²) in [7, 11) is 0. The molecule has 272 valence electrons. The van der Waals surface area contributed by atoms with E-state index in [1.54, 1.807) is 0 Å². The van der Waals surface area contributed by atoms with Crippen molar-refractivity contribution in [2.75, 3.05) is 4.90 Å². The lowest BCUT2D eigenvalue weighted by atomic mass is 9.70. The van der Waals surface area contributed by atoms with Gasteiger partial charge in [-0.3, -0.25) is 0 Å². The molecule has 2 unspecified atom stereocenters. The Labute approximate surface area is 330 Å². The van der Waals surface area contributed by atoms with Gasteiger partial charge in [0.05, 0.1) is 11.0 Å². The number of fused-ring (bicyclic) bond motifs is 9. The van der Waals surface area contributed by atoms with E-state index in [0.717, 1.165) is 12.8 Å². The van der Waals surface area contributed by atoms with Crippen LogP contribution in [0.5, 0.6) is 0 Å². The van der Waals surface area contributed by atoms with Crippen molar-refractivity contribution in [2.45, 2.75) is 57.3 Å². The molecule has 2 heteroatoms. The zero-order chi connectivity index (χ0) is 37.8. The second-order valence-corrected chi connectivity index (χ2v) is 17.3. The van der Waals surface area contributed by atoms with E-state index in [4.69, 9.17) is 0 Å². The topological polar surface area (TPSA) is 8.17 Å². The molecule has 2 nitrogen and oxygen atoms in total. The Morgan fingerprint density at radius 2 is 1.20 bits per heavy atom. The highest BCUT2D eigenvalue weighted by molar-refractivity contribution is 6.10. The van der Waals surface area contributed by atoms with Crippen LogP contribution in [-0.2, 0) is 10.8 Å². The molecule has 4 aliphatic carbocycles. The van der Waals surface area contributed by atoms with Gasteiger partial charge in [-0.25, -0.2) is 0 Å². The Balaban J connectivity index is 0.984. The van der Waals surface area contributed by atoms with Crippen molar-refractivity contribution in [3.63, 3.8) is 0 Å². The first-order valence-electron chi connectivity index (χ1n) is 20.3. The van der Waals surface area contributed by atoms with Crippen molar-refractivity contribution >= 4 is 44.6 Å². The molecule has 0 radical (unpaired) electrons. The number of nitrogens with zero attached hydrogens (tertiary/aromatic N) is 2. The summed E-state index contributed by atoms with van der Waals surface area (Å²) in [5, 5.41) is 2.64. The first-order chi connectivity index (χ1) is 27.3. The summed E-state index contributed by atoms with van der Waals surface area (Å²) in [5.74, 6) is 0.721. The molecule has 11 rings (SSSR count). The summed E-state index contributed by atoms with van der Waals surface area (Å²) in [6.07, 6.45) is 14.1. The first-order valence-corrected chi connectivity index (χ1v) is 20.3. The molecule has 56 heavy (non-hydrogen) atoms. The molecule has 2 atom stereocenters. The summed E-state index contributed by atoms with van der Waals surface area (Å²) in [4.78, 5) is 2.47. The van der Waals surface area contributed by atoms with Crippen LogP contribution >= 0.6 is 0 Å². The lowest BCUT2D eigenvalue weighted by Crippen LogP contribution is -2.26. The number of anilines is 3. The number of aromatic nitrogens is 1. The van der Waals surface area contributed by atoms with Crippen LogP contribution in [0.4, 0.5) is 17.1 Å². The Bertz CT molecular complexity index is 2820. The van der Waals surface area contributed by atoms with Crippen molar-refractivity contribution in [1.29, 1.82) is 0 Å². The smallest absolute Gasteiger partial charge is 0.0537 e. The highest BCUT2D eigenvalue weighted by Crippen LogP contribution is 2.58. The van der Waals surface area contributed by atoms with Gasteiger partial charge < -0.3 is 9.47 Å². The van der Waals surface area contributed by atoms with E-state index in [2.05, 4.69) is 207 Å². The fraction of sp³-hybridized carbons (Fsp3) is 0.185. The number of para-hydroxylation sites is 3. The fourth-order valence-corrected chi connectivity index (χ4v) is 10.8. The summed E-state index contributed by atoms with van der Waals surface area (Å²) < 4.78 is 2.49. The molecule has 0 amide bonds. The molecule has 0 fully saturated rings. The number of rotatable bonds is 5. The summed E-state index contributed by atoms with van der Waals surface area (Å²) in [5.41, 5.74) is 18.8. The number of hydrogen-bond donors (Lipinski definition) is 0. The molecular weight excluding hydrogens is 677 g/mol. The van der Waals surface area contributed by atoms with E-state index < -0.39 is 0 Å². The third kappa shape index (κ3) is 4.75. The second-order valence-electron chi connectivity index (χ2n) is 17.3. The molecule has 0 spiro atoms. The maximum Gasteiger partial charge on any atom is 0.0537 e. The van der Waals surface area contributed by atoms with E-state index >= 15 is 0 Å². The van der Waals surface area contributed by atoms with Crippen molar-refractivity contribution < 1.29 is 0 Å². The van der Waals surface area contributed by atoms with Crippen LogP contribution in [0.15, 0.2) is 181 Å². The number of hydrogen-bond acceptors (Lipinski definition) is 1. The highest BCUT2D eigenvalue weighted by Gasteiger charge is 2.48. The minimum atomic E-state index is -0.0673. The molecule has 0 saturated heterocycles. The van der Waals surface area contributed by atoms with E-state index in [1.807, 2.05) is 0 Å². The molecule has 0 N–H and O–H groups in total. The highest BCUT2D eigenvalue weighted by atomic mass is 15.1. The lowest BCUT2D eigenvalue weighted by molar-refractivity contribution is 0.387. The molecule has 1 heterocycles. The van der Waals surface area contributed by atoms with Gasteiger partial charge >= 0.3 is 0 Å². The Morgan fingerprint density at radius 1 is 0.554 bits per heavy atom. The van der Waals surface area contributed by atoms with Crippen molar-refractivity contribution in [1.82, 2.24) is 4.57 Å². The Hall–Kier alpha value is -6.12. The fourth-order valence-electron chi connectivity index (χ4n) is 10.8. The van der Waals surface area contributed by atoms with Crippen molar-refractivity contribution in [3.8, 4) is 11.1 Å². The average Bonchev–Trinajstić information content (AvgIpc) is 3.78. The molecule has 0 aliphatic heterocycles. The second kappa shape index (κ2) is 12.2. The van der Waals surface area contributed by atoms with E-state index in [-0.39, 0.29) is 10.8 Å². The summed E-state index contributed by atoms with van der Waals surface area (Å²) in [6, 6.07) is 52.0. The van der Waals surface area contributed by atoms with Gasteiger partial charge in [0, 0.05) is 44.9 Å². The van der Waals surface area contributed by atoms with Gasteiger partial charge in [-0.05, 0) is 123 Å². The maximum absolute atomic E-state index is 2.51. The first kappa shape index (κ1) is 33.2. The predicted octanol–water partition coefficient (Wildman–Crippen LogP) is 14.3. The van der Waals surface area contributed by atoms with Crippen LogP contribution in [0.25, 0.3) is 38.6 Å². The van der Waals surface area contributed by atoms with Gasteiger partial charge in [-0.1, -0.05) is 143 Å². The summed E-state index contributed by atoms with van der Waals surface area (Å²) >= 11 is 0. The number of benzene rings is 6. The normalized spacial score (nSPS) is 19.8. The lowest BCUT2D eigenvalue weighted by Gasteiger charge is -2.33. The predicted molar refractivity (Wildman–Crippen MR) is 236 cm³/mol. The van der Waals surface area contributed by atoms with Crippen LogP contribution in [0, 0.1) is 5.92 Å². The van der Waals surface area contributed by atoms with Gasteiger partial charge in [0.15, 0.2) is 0 Å².